The number of nitrogens with zero attached hydrogens (tertiary/aromatic N) is 4. The number of morpholine rings is 1. The van der Waals surface area contributed by atoms with Crippen LogP contribution in [-0.2, 0) is 14.3 Å². The van der Waals surface area contributed by atoms with Gasteiger partial charge in [0.1, 0.15) is 16.9 Å². The first kappa shape index (κ1) is 27.3. The van der Waals surface area contributed by atoms with Gasteiger partial charge in [0.05, 0.1) is 19.3 Å². The van der Waals surface area contributed by atoms with Crippen molar-refractivity contribution in [2.45, 2.75) is 81.7 Å². The summed E-state index contributed by atoms with van der Waals surface area (Å²) in [4.78, 5) is 58.9. The van der Waals surface area contributed by atoms with Crippen LogP contribution in [0.2, 0.25) is 0 Å². The molecule has 0 aromatic carbocycles. The molecule has 13 heteroatoms. The van der Waals surface area contributed by atoms with Crippen LogP contribution in [0.25, 0.3) is 0 Å². The Bertz CT molecular complexity index is 1110. The third-order valence-electron chi connectivity index (χ3n) is 10.3. The number of ether oxygens (including phenoxy) is 1. The molecule has 1 unspecified atom stereocenters. The third kappa shape index (κ3) is 4.16. The zero-order valence-electron chi connectivity index (χ0n) is 23.1. The predicted molar refractivity (Wildman–Crippen MR) is 142 cm³/mol. The minimum Gasteiger partial charge on any atom is -0.385 e. The quantitative estimate of drug-likeness (QED) is 0.264. The Morgan fingerprint density at radius 2 is 1.75 bits per heavy atom. The number of carbonyl (C=O) groups is 4. The summed E-state index contributed by atoms with van der Waals surface area (Å²) >= 11 is 0. The van der Waals surface area contributed by atoms with E-state index in [0.717, 1.165) is 38.6 Å². The van der Waals surface area contributed by atoms with Crippen molar-refractivity contribution in [3.63, 3.8) is 0 Å². The molecule has 220 valence electrons. The number of nitrogens with two attached hydrogens (primary N) is 2. The van der Waals surface area contributed by atoms with Gasteiger partial charge in [-0.15, -0.1) is 0 Å². The molecule has 6 N–H and O–H groups in total. The van der Waals surface area contributed by atoms with Crippen LogP contribution in [0, 0.1) is 11.3 Å². The zero-order chi connectivity index (χ0) is 28.4. The first-order valence-corrected chi connectivity index (χ1v) is 14.6. The molecule has 2 spiro atoms. The standard InChI is InChI=1S/C27H41N7O6/c1-31-23(37)27(33(24(31)38)13-18-11-30-9-10-40-18)14-26(15-27)7-5-17(6-8-26)34-22(36)19(20(28)29)21(35)32(25(34)39)12-16-3-2-4-16/h16-18,21,30,35H,2-15,28-29H2,1H3/t17?,18-,21?,26?,27?/m1/s1. The van der Waals surface area contributed by atoms with Gasteiger partial charge >= 0.3 is 12.1 Å². The highest BCUT2D eigenvalue weighted by atomic mass is 16.5. The Kier molecular flexibility index (Phi) is 6.74. The molecule has 0 bridgehead atoms. The van der Waals surface area contributed by atoms with Gasteiger partial charge in [0.2, 0.25) is 0 Å². The predicted octanol–water partition coefficient (Wildman–Crippen LogP) is -0.158. The van der Waals surface area contributed by atoms with Gasteiger partial charge in [0.25, 0.3) is 11.8 Å². The summed E-state index contributed by atoms with van der Waals surface area (Å²) in [5.41, 5.74) is 10.5. The number of amides is 6. The number of hydrogen-bond donors (Lipinski definition) is 4. The Balaban J connectivity index is 1.15. The monoisotopic (exact) mass is 559 g/mol. The molecule has 3 heterocycles. The van der Waals surface area contributed by atoms with Crippen LogP contribution in [0.3, 0.4) is 0 Å². The fraction of sp³-hybridized carbons (Fsp3) is 0.778. The Morgan fingerprint density at radius 1 is 1.05 bits per heavy atom. The first-order chi connectivity index (χ1) is 19.1. The molecular weight excluding hydrogens is 518 g/mol. The summed E-state index contributed by atoms with van der Waals surface area (Å²) in [5.74, 6) is -0.770. The van der Waals surface area contributed by atoms with E-state index in [1.807, 2.05) is 0 Å². The molecule has 0 radical (unpaired) electrons. The molecule has 2 atom stereocenters. The molecule has 0 aromatic heterocycles. The molecule has 40 heavy (non-hydrogen) atoms. The van der Waals surface area contributed by atoms with Crippen LogP contribution in [0.15, 0.2) is 11.4 Å². The minimum atomic E-state index is -1.44. The average Bonchev–Trinajstić information content (AvgIpc) is 3.05. The van der Waals surface area contributed by atoms with Crippen molar-refractivity contribution in [1.29, 1.82) is 0 Å². The molecule has 6 aliphatic rings. The van der Waals surface area contributed by atoms with E-state index < -0.39 is 23.7 Å². The highest BCUT2D eigenvalue weighted by molar-refractivity contribution is 6.08. The number of hydrogen-bond acceptors (Lipinski definition) is 9. The van der Waals surface area contributed by atoms with E-state index in [-0.39, 0.29) is 46.8 Å². The second kappa shape index (κ2) is 9.88. The van der Waals surface area contributed by atoms with E-state index in [2.05, 4.69) is 5.32 Å². The van der Waals surface area contributed by atoms with Gasteiger partial charge in [0.15, 0.2) is 6.23 Å². The number of imide groups is 2. The molecule has 6 fully saturated rings. The maximum atomic E-state index is 13.5. The number of aliphatic hydroxyl groups is 1. The summed E-state index contributed by atoms with van der Waals surface area (Å²) < 4.78 is 5.84. The summed E-state index contributed by atoms with van der Waals surface area (Å²) in [7, 11) is 1.54. The molecule has 6 amide bonds. The van der Waals surface area contributed by atoms with Gasteiger partial charge in [-0.05, 0) is 62.7 Å². The van der Waals surface area contributed by atoms with Crippen LogP contribution in [0.1, 0.15) is 57.8 Å². The summed E-state index contributed by atoms with van der Waals surface area (Å²) in [6.07, 6.45) is 5.17. The molecule has 0 aromatic rings. The average molecular weight is 560 g/mol. The van der Waals surface area contributed by atoms with Gasteiger partial charge in [-0.25, -0.2) is 9.59 Å². The lowest BCUT2D eigenvalue weighted by atomic mass is 9.51. The number of carbonyl (C=O) groups excluding carboxylic acids is 4. The van der Waals surface area contributed by atoms with E-state index in [1.165, 1.54) is 14.7 Å². The largest absolute Gasteiger partial charge is 0.385 e. The highest BCUT2D eigenvalue weighted by Gasteiger charge is 2.68. The van der Waals surface area contributed by atoms with Crippen molar-refractivity contribution in [1.82, 2.24) is 24.9 Å². The lowest BCUT2D eigenvalue weighted by Gasteiger charge is -2.59. The molecule has 13 nitrogen and oxygen atoms in total. The van der Waals surface area contributed by atoms with Crippen LogP contribution in [-0.4, -0.2) is 112 Å². The van der Waals surface area contributed by atoms with Crippen molar-refractivity contribution in [2.24, 2.45) is 22.8 Å². The maximum Gasteiger partial charge on any atom is 0.329 e. The van der Waals surface area contributed by atoms with Gasteiger partial charge in [-0.1, -0.05) is 6.42 Å². The first-order valence-electron chi connectivity index (χ1n) is 14.6. The van der Waals surface area contributed by atoms with Crippen molar-refractivity contribution in [2.75, 3.05) is 39.8 Å². The van der Waals surface area contributed by atoms with Gasteiger partial charge in [-0.2, -0.15) is 0 Å². The number of rotatable bonds is 5. The van der Waals surface area contributed by atoms with Crippen molar-refractivity contribution >= 4 is 23.9 Å². The van der Waals surface area contributed by atoms with Gasteiger partial charge in [0, 0.05) is 32.7 Å². The fourth-order valence-corrected chi connectivity index (χ4v) is 7.88. The number of likely N-dealkylation sites (N-methyl/N-ethyl adjacent to an activating group) is 1. The smallest absolute Gasteiger partial charge is 0.329 e. The van der Waals surface area contributed by atoms with Gasteiger partial charge in [-0.3, -0.25) is 24.3 Å². The minimum absolute atomic E-state index is 0.130. The van der Waals surface area contributed by atoms with Crippen molar-refractivity contribution < 1.29 is 29.0 Å². The van der Waals surface area contributed by atoms with Gasteiger partial charge < -0.3 is 31.5 Å². The third-order valence-corrected chi connectivity index (χ3v) is 10.3. The van der Waals surface area contributed by atoms with Crippen LogP contribution in [0.5, 0.6) is 0 Å². The van der Waals surface area contributed by atoms with E-state index >= 15 is 0 Å². The zero-order valence-corrected chi connectivity index (χ0v) is 23.1. The fourth-order valence-electron chi connectivity index (χ4n) is 7.88. The highest BCUT2D eigenvalue weighted by Crippen LogP contribution is 2.61. The summed E-state index contributed by atoms with van der Waals surface area (Å²) in [6.45, 7) is 2.71. The molecular formula is C27H41N7O6. The Labute approximate surface area is 233 Å². The second-order valence-corrected chi connectivity index (χ2v) is 12.7. The molecule has 3 saturated carbocycles. The molecule has 3 saturated heterocycles. The molecule has 3 aliphatic carbocycles. The van der Waals surface area contributed by atoms with Crippen LogP contribution >= 0.6 is 0 Å². The SMILES string of the molecule is CN1C(=O)N(C[C@H]2CNCCO2)C2(CC3(CCC(N4C(=O)C(=C(N)N)C(O)N(CC5CCC5)C4=O)CC3)C2)C1=O. The maximum absolute atomic E-state index is 13.5. The van der Waals surface area contributed by atoms with E-state index in [4.69, 9.17) is 16.2 Å². The number of aliphatic hydroxyl groups excluding tert-OH is 1. The van der Waals surface area contributed by atoms with Crippen molar-refractivity contribution in [3.05, 3.63) is 11.4 Å². The topological polar surface area (TPSA) is 175 Å². The molecule has 6 rings (SSSR count). The number of nitrogens with one attached hydrogen (secondary N) is 1. The Morgan fingerprint density at radius 3 is 2.33 bits per heavy atom. The summed E-state index contributed by atoms with van der Waals surface area (Å²) in [6, 6.07) is -1.13. The van der Waals surface area contributed by atoms with Crippen molar-refractivity contribution in [3.8, 4) is 0 Å². The van der Waals surface area contributed by atoms with Crippen LogP contribution in [0.4, 0.5) is 9.59 Å². The van der Waals surface area contributed by atoms with E-state index in [9.17, 15) is 24.3 Å². The lowest BCUT2D eigenvalue weighted by Crippen LogP contribution is -2.67. The number of urea groups is 2. The Hall–Kier alpha value is -2.90. The van der Waals surface area contributed by atoms with E-state index in [0.29, 0.717) is 51.9 Å². The van der Waals surface area contributed by atoms with E-state index in [1.54, 1.807) is 11.9 Å². The van der Waals surface area contributed by atoms with Crippen LogP contribution < -0.4 is 16.8 Å². The molecule has 3 aliphatic heterocycles. The second-order valence-electron chi connectivity index (χ2n) is 12.7. The lowest BCUT2D eigenvalue weighted by molar-refractivity contribution is -0.152. The summed E-state index contributed by atoms with van der Waals surface area (Å²) in [5, 5.41) is 14.1. The normalized spacial score (nSPS) is 37.0.